The van der Waals surface area contributed by atoms with Gasteiger partial charge in [-0.15, -0.1) is 0 Å². The number of aromatic nitrogens is 2. The topological polar surface area (TPSA) is 78.0 Å². The highest BCUT2D eigenvalue weighted by Crippen LogP contribution is 2.08. The summed E-state index contributed by atoms with van der Waals surface area (Å²) in [5, 5.41) is 12.0. The molecule has 0 saturated carbocycles. The van der Waals surface area contributed by atoms with Crippen LogP contribution in [0.1, 0.15) is 34.4 Å². The summed E-state index contributed by atoms with van der Waals surface area (Å²) < 4.78 is 0. The average molecular weight is 259 g/mol. The molecule has 0 radical (unpaired) electrons. The Hall–Kier alpha value is -2.14. The molecule has 0 aliphatic heterocycles. The van der Waals surface area contributed by atoms with Crippen LogP contribution in [0.5, 0.6) is 0 Å². The predicted molar refractivity (Wildman–Crippen MR) is 71.5 cm³/mol. The van der Waals surface area contributed by atoms with E-state index in [2.05, 4.69) is 15.3 Å². The molecule has 0 aliphatic carbocycles. The van der Waals surface area contributed by atoms with Crippen LogP contribution in [-0.2, 0) is 19.6 Å². The standard InChI is InChI=1S/C14H17N3O2/c1-2-13-15-8-12(17-13)14(19)16-7-10-5-3-4-6-11(10)9-18/h3-6,8,18H,2,7,9H2,1H3,(H,15,17)(H,16,19). The molecule has 1 aromatic carbocycles. The van der Waals surface area contributed by atoms with Gasteiger partial charge in [-0.05, 0) is 11.1 Å². The maximum absolute atomic E-state index is 11.9. The summed E-state index contributed by atoms with van der Waals surface area (Å²) in [6, 6.07) is 7.47. The van der Waals surface area contributed by atoms with Gasteiger partial charge in [0, 0.05) is 13.0 Å². The molecule has 0 unspecified atom stereocenters. The normalized spacial score (nSPS) is 10.4. The first-order valence-corrected chi connectivity index (χ1v) is 6.24. The zero-order valence-corrected chi connectivity index (χ0v) is 10.8. The highest BCUT2D eigenvalue weighted by molar-refractivity contribution is 5.92. The summed E-state index contributed by atoms with van der Waals surface area (Å²) in [6.07, 6.45) is 2.30. The van der Waals surface area contributed by atoms with Crippen LogP contribution in [0.4, 0.5) is 0 Å². The Morgan fingerprint density at radius 3 is 2.74 bits per heavy atom. The van der Waals surface area contributed by atoms with Gasteiger partial charge in [-0.1, -0.05) is 31.2 Å². The number of aliphatic hydroxyl groups excluding tert-OH is 1. The monoisotopic (exact) mass is 259 g/mol. The van der Waals surface area contributed by atoms with E-state index in [-0.39, 0.29) is 12.5 Å². The number of aryl methyl sites for hydroxylation is 1. The number of amides is 1. The molecular formula is C14H17N3O2. The van der Waals surface area contributed by atoms with Gasteiger partial charge in [0.1, 0.15) is 11.5 Å². The molecule has 0 aliphatic rings. The molecule has 0 atom stereocenters. The molecule has 1 aromatic heterocycles. The molecule has 2 rings (SSSR count). The van der Waals surface area contributed by atoms with Crippen molar-refractivity contribution in [2.75, 3.05) is 0 Å². The molecule has 0 spiro atoms. The van der Waals surface area contributed by atoms with Crippen LogP contribution in [0.2, 0.25) is 0 Å². The third kappa shape index (κ3) is 3.20. The molecule has 0 saturated heterocycles. The van der Waals surface area contributed by atoms with E-state index in [4.69, 9.17) is 0 Å². The van der Waals surface area contributed by atoms with Gasteiger partial charge in [0.2, 0.25) is 0 Å². The van der Waals surface area contributed by atoms with Gasteiger partial charge in [-0.2, -0.15) is 0 Å². The second-order valence-electron chi connectivity index (χ2n) is 4.21. The fraction of sp³-hybridized carbons (Fsp3) is 0.286. The Labute approximate surface area is 111 Å². The Kier molecular flexibility index (Phi) is 4.30. The van der Waals surface area contributed by atoms with Gasteiger partial charge in [-0.3, -0.25) is 4.79 Å². The number of aromatic amines is 1. The number of rotatable bonds is 5. The fourth-order valence-electron chi connectivity index (χ4n) is 1.81. The van der Waals surface area contributed by atoms with E-state index in [1.807, 2.05) is 31.2 Å². The minimum absolute atomic E-state index is 0.0317. The van der Waals surface area contributed by atoms with Crippen LogP contribution in [0, 0.1) is 0 Å². The Balaban J connectivity index is 2.00. The van der Waals surface area contributed by atoms with E-state index in [1.54, 1.807) is 0 Å². The van der Waals surface area contributed by atoms with E-state index >= 15 is 0 Å². The zero-order chi connectivity index (χ0) is 13.7. The fourth-order valence-corrected chi connectivity index (χ4v) is 1.81. The maximum atomic E-state index is 11.9. The number of carbonyl (C=O) groups is 1. The molecule has 3 N–H and O–H groups in total. The number of imidazole rings is 1. The first-order valence-electron chi connectivity index (χ1n) is 6.24. The molecule has 2 aromatic rings. The van der Waals surface area contributed by atoms with Crippen molar-refractivity contribution < 1.29 is 9.90 Å². The number of hydrogen-bond donors (Lipinski definition) is 3. The second-order valence-corrected chi connectivity index (χ2v) is 4.21. The highest BCUT2D eigenvalue weighted by atomic mass is 16.3. The minimum Gasteiger partial charge on any atom is -0.392 e. The predicted octanol–water partition coefficient (Wildman–Crippen LogP) is 1.39. The summed E-state index contributed by atoms with van der Waals surface area (Å²) in [4.78, 5) is 18.9. The van der Waals surface area contributed by atoms with Crippen molar-refractivity contribution in [2.45, 2.75) is 26.5 Å². The van der Waals surface area contributed by atoms with Crippen LogP contribution in [0.15, 0.2) is 30.5 Å². The lowest BCUT2D eigenvalue weighted by atomic mass is 10.1. The van der Waals surface area contributed by atoms with Gasteiger partial charge in [-0.25, -0.2) is 4.98 Å². The summed E-state index contributed by atoms with van der Waals surface area (Å²) in [7, 11) is 0. The van der Waals surface area contributed by atoms with Crippen molar-refractivity contribution in [2.24, 2.45) is 0 Å². The van der Waals surface area contributed by atoms with Crippen LogP contribution in [0.25, 0.3) is 0 Å². The molecule has 19 heavy (non-hydrogen) atoms. The highest BCUT2D eigenvalue weighted by Gasteiger charge is 2.09. The quantitative estimate of drug-likeness (QED) is 0.759. The minimum atomic E-state index is -0.194. The molecule has 5 heteroatoms. The van der Waals surface area contributed by atoms with Crippen molar-refractivity contribution in [1.82, 2.24) is 15.3 Å². The summed E-state index contributed by atoms with van der Waals surface area (Å²) >= 11 is 0. The van der Waals surface area contributed by atoms with Crippen LogP contribution >= 0.6 is 0 Å². The molecule has 100 valence electrons. The molecule has 0 bridgehead atoms. The smallest absolute Gasteiger partial charge is 0.269 e. The Morgan fingerprint density at radius 1 is 1.37 bits per heavy atom. The Bertz CT molecular complexity index is 563. The molecule has 5 nitrogen and oxygen atoms in total. The zero-order valence-electron chi connectivity index (χ0n) is 10.8. The number of H-pyrrole nitrogens is 1. The summed E-state index contributed by atoms with van der Waals surface area (Å²) in [6.45, 7) is 2.32. The van der Waals surface area contributed by atoms with Gasteiger partial charge in [0.05, 0.1) is 12.8 Å². The van der Waals surface area contributed by atoms with Gasteiger partial charge in [0.15, 0.2) is 0 Å². The van der Waals surface area contributed by atoms with Crippen molar-refractivity contribution >= 4 is 5.91 Å². The number of nitrogens with one attached hydrogen (secondary N) is 2. The van der Waals surface area contributed by atoms with E-state index in [0.717, 1.165) is 23.4 Å². The molecular weight excluding hydrogens is 242 g/mol. The van der Waals surface area contributed by atoms with E-state index in [1.165, 1.54) is 6.20 Å². The lowest BCUT2D eigenvalue weighted by molar-refractivity contribution is 0.0946. The molecule has 0 fully saturated rings. The summed E-state index contributed by atoms with van der Waals surface area (Å²) in [5.74, 6) is 0.598. The molecule has 1 amide bonds. The van der Waals surface area contributed by atoms with Crippen molar-refractivity contribution in [3.05, 3.63) is 53.1 Å². The van der Waals surface area contributed by atoms with Gasteiger partial charge < -0.3 is 15.4 Å². The number of benzene rings is 1. The second kappa shape index (κ2) is 6.15. The first-order chi connectivity index (χ1) is 9.24. The SMILES string of the molecule is CCc1ncc(C(=O)NCc2ccccc2CO)[nH]1. The number of hydrogen-bond acceptors (Lipinski definition) is 3. The van der Waals surface area contributed by atoms with Gasteiger partial charge >= 0.3 is 0 Å². The molecule has 1 heterocycles. The largest absolute Gasteiger partial charge is 0.392 e. The Morgan fingerprint density at radius 2 is 2.11 bits per heavy atom. The number of carbonyl (C=O) groups excluding carboxylic acids is 1. The lowest BCUT2D eigenvalue weighted by Crippen LogP contribution is -2.23. The maximum Gasteiger partial charge on any atom is 0.269 e. The van der Waals surface area contributed by atoms with Crippen molar-refractivity contribution in [3.63, 3.8) is 0 Å². The van der Waals surface area contributed by atoms with E-state index < -0.39 is 0 Å². The first kappa shape index (κ1) is 13.3. The lowest BCUT2D eigenvalue weighted by Gasteiger charge is -2.08. The summed E-state index contributed by atoms with van der Waals surface area (Å²) in [5.41, 5.74) is 2.19. The van der Waals surface area contributed by atoms with Crippen LogP contribution < -0.4 is 5.32 Å². The number of aliphatic hydroxyl groups is 1. The third-order valence-corrected chi connectivity index (χ3v) is 2.94. The van der Waals surface area contributed by atoms with E-state index in [0.29, 0.717) is 12.2 Å². The van der Waals surface area contributed by atoms with E-state index in [9.17, 15) is 9.90 Å². The van der Waals surface area contributed by atoms with Gasteiger partial charge in [0.25, 0.3) is 5.91 Å². The van der Waals surface area contributed by atoms with Crippen molar-refractivity contribution in [3.8, 4) is 0 Å². The van der Waals surface area contributed by atoms with Crippen molar-refractivity contribution in [1.29, 1.82) is 0 Å². The van der Waals surface area contributed by atoms with Crippen LogP contribution in [0.3, 0.4) is 0 Å². The third-order valence-electron chi connectivity index (χ3n) is 2.94. The number of nitrogens with zero attached hydrogens (tertiary/aromatic N) is 1. The average Bonchev–Trinajstić information content (AvgIpc) is 2.94. The van der Waals surface area contributed by atoms with Crippen LogP contribution in [-0.4, -0.2) is 21.0 Å².